The number of rotatable bonds is 7. The Balaban J connectivity index is 1.72. The standard InChI is InChI=1S/C17H16N4O6S/c1-2-26-17(23)13-10-18-20-16(13)28(24,25)21-12-7-5-11(6-8-12)19-15(22)14-4-3-9-27-14/h3-10,21H,2H2,1H3,(H,18,20)(H,19,22). The summed E-state index contributed by atoms with van der Waals surface area (Å²) in [6, 6.07) is 9.04. The molecule has 0 aliphatic heterocycles. The zero-order chi connectivity index (χ0) is 20.1. The Morgan fingerprint density at radius 3 is 2.54 bits per heavy atom. The summed E-state index contributed by atoms with van der Waals surface area (Å²) in [5, 5.41) is 8.10. The Labute approximate surface area is 159 Å². The Hall–Kier alpha value is -3.60. The van der Waals surface area contributed by atoms with Crippen LogP contribution in [-0.4, -0.2) is 37.1 Å². The summed E-state index contributed by atoms with van der Waals surface area (Å²) in [5.74, 6) is -1.09. The molecule has 0 spiro atoms. The molecule has 0 aliphatic rings. The van der Waals surface area contributed by atoms with Crippen molar-refractivity contribution in [2.45, 2.75) is 11.9 Å². The van der Waals surface area contributed by atoms with Gasteiger partial charge in [0.1, 0.15) is 5.56 Å². The van der Waals surface area contributed by atoms with Crippen LogP contribution in [0.5, 0.6) is 0 Å². The third-order valence-electron chi connectivity index (χ3n) is 3.51. The third-order valence-corrected chi connectivity index (χ3v) is 4.86. The number of aromatic amines is 1. The molecule has 0 radical (unpaired) electrons. The van der Waals surface area contributed by atoms with Gasteiger partial charge in [-0.25, -0.2) is 4.79 Å². The van der Waals surface area contributed by atoms with Gasteiger partial charge in [-0.3, -0.25) is 14.6 Å². The Morgan fingerprint density at radius 2 is 1.89 bits per heavy atom. The minimum atomic E-state index is -4.11. The molecule has 1 aromatic carbocycles. The number of ether oxygens (including phenoxy) is 1. The van der Waals surface area contributed by atoms with E-state index in [1.807, 2.05) is 0 Å². The van der Waals surface area contributed by atoms with Gasteiger partial charge in [0.15, 0.2) is 10.8 Å². The Bertz CT molecular complexity index is 1070. The van der Waals surface area contributed by atoms with Gasteiger partial charge < -0.3 is 14.5 Å². The molecule has 0 saturated carbocycles. The van der Waals surface area contributed by atoms with E-state index >= 15 is 0 Å². The lowest BCUT2D eigenvalue weighted by Crippen LogP contribution is -2.17. The molecule has 0 atom stereocenters. The predicted octanol–water partition coefficient (Wildman–Crippen LogP) is 2.23. The number of anilines is 2. The zero-order valence-electron chi connectivity index (χ0n) is 14.6. The average Bonchev–Trinajstić information content (AvgIpc) is 3.35. The molecule has 11 heteroatoms. The molecule has 3 rings (SSSR count). The van der Waals surface area contributed by atoms with E-state index in [1.165, 1.54) is 36.6 Å². The normalized spacial score (nSPS) is 11.0. The number of benzene rings is 1. The monoisotopic (exact) mass is 404 g/mol. The number of hydrogen-bond donors (Lipinski definition) is 3. The largest absolute Gasteiger partial charge is 0.462 e. The van der Waals surface area contributed by atoms with Crippen LogP contribution < -0.4 is 10.0 Å². The predicted molar refractivity (Wildman–Crippen MR) is 98.5 cm³/mol. The summed E-state index contributed by atoms with van der Waals surface area (Å²) < 4.78 is 37.2. The highest BCUT2D eigenvalue weighted by Crippen LogP contribution is 2.20. The third kappa shape index (κ3) is 4.20. The number of carbonyl (C=O) groups is 2. The van der Waals surface area contributed by atoms with E-state index in [0.29, 0.717) is 5.69 Å². The maximum Gasteiger partial charge on any atom is 0.342 e. The lowest BCUT2D eigenvalue weighted by Gasteiger charge is -2.09. The SMILES string of the molecule is CCOC(=O)c1cn[nH]c1S(=O)(=O)Nc1ccc(NC(=O)c2ccco2)cc1. The second-order valence-electron chi connectivity index (χ2n) is 5.45. The summed E-state index contributed by atoms with van der Waals surface area (Å²) >= 11 is 0. The summed E-state index contributed by atoms with van der Waals surface area (Å²) in [5.41, 5.74) is 0.468. The fourth-order valence-electron chi connectivity index (χ4n) is 2.26. The van der Waals surface area contributed by atoms with Gasteiger partial charge in [-0.1, -0.05) is 0 Å². The summed E-state index contributed by atoms with van der Waals surface area (Å²) in [7, 11) is -4.11. The molecule has 28 heavy (non-hydrogen) atoms. The van der Waals surface area contributed by atoms with Crippen LogP contribution in [0.15, 0.2) is 58.3 Å². The number of furan rings is 1. The second-order valence-corrected chi connectivity index (χ2v) is 7.07. The summed E-state index contributed by atoms with van der Waals surface area (Å²) in [6.45, 7) is 1.71. The van der Waals surface area contributed by atoms with Crippen molar-refractivity contribution in [1.82, 2.24) is 10.2 Å². The molecule has 0 saturated heterocycles. The van der Waals surface area contributed by atoms with Crippen molar-refractivity contribution in [2.24, 2.45) is 0 Å². The van der Waals surface area contributed by atoms with Gasteiger partial charge in [-0.2, -0.15) is 13.5 Å². The first-order chi connectivity index (χ1) is 13.4. The number of amides is 1. The first-order valence-electron chi connectivity index (χ1n) is 8.09. The van der Waals surface area contributed by atoms with E-state index in [-0.39, 0.29) is 23.6 Å². The van der Waals surface area contributed by atoms with E-state index in [4.69, 9.17) is 9.15 Å². The number of hydrogen-bond acceptors (Lipinski definition) is 7. The van der Waals surface area contributed by atoms with Gasteiger partial charge in [-0.15, -0.1) is 0 Å². The zero-order valence-corrected chi connectivity index (χ0v) is 15.4. The smallest absolute Gasteiger partial charge is 0.342 e. The highest BCUT2D eigenvalue weighted by molar-refractivity contribution is 7.92. The number of nitrogens with one attached hydrogen (secondary N) is 3. The van der Waals surface area contributed by atoms with Crippen molar-refractivity contribution in [3.8, 4) is 0 Å². The number of nitrogens with zero attached hydrogens (tertiary/aromatic N) is 1. The van der Waals surface area contributed by atoms with E-state index in [1.54, 1.807) is 13.0 Å². The van der Waals surface area contributed by atoms with Crippen LogP contribution in [0.3, 0.4) is 0 Å². The first kappa shape index (κ1) is 19.2. The molecule has 0 aliphatic carbocycles. The molecule has 3 aromatic rings. The highest BCUT2D eigenvalue weighted by Gasteiger charge is 2.26. The fourth-order valence-corrected chi connectivity index (χ4v) is 3.41. The van der Waals surface area contributed by atoms with Crippen molar-refractivity contribution in [3.63, 3.8) is 0 Å². The number of H-pyrrole nitrogens is 1. The van der Waals surface area contributed by atoms with Crippen molar-refractivity contribution in [2.75, 3.05) is 16.6 Å². The maximum atomic E-state index is 12.5. The van der Waals surface area contributed by atoms with Crippen LogP contribution in [0.25, 0.3) is 0 Å². The molecule has 0 bridgehead atoms. The van der Waals surface area contributed by atoms with Gasteiger partial charge in [0.05, 0.1) is 19.1 Å². The minimum Gasteiger partial charge on any atom is -0.462 e. The molecular weight excluding hydrogens is 388 g/mol. The second kappa shape index (κ2) is 7.96. The average molecular weight is 404 g/mol. The quantitative estimate of drug-likeness (QED) is 0.512. The van der Waals surface area contributed by atoms with Crippen molar-refractivity contribution in [1.29, 1.82) is 0 Å². The van der Waals surface area contributed by atoms with Crippen LogP contribution in [0.1, 0.15) is 27.8 Å². The van der Waals surface area contributed by atoms with E-state index in [0.717, 1.165) is 6.20 Å². The van der Waals surface area contributed by atoms with Gasteiger partial charge in [0.2, 0.25) is 0 Å². The molecule has 1 amide bonds. The topological polar surface area (TPSA) is 143 Å². The summed E-state index contributed by atoms with van der Waals surface area (Å²) in [6.07, 6.45) is 2.46. The highest BCUT2D eigenvalue weighted by atomic mass is 32.2. The van der Waals surface area contributed by atoms with E-state index in [2.05, 4.69) is 20.2 Å². The lowest BCUT2D eigenvalue weighted by atomic mass is 10.3. The van der Waals surface area contributed by atoms with Crippen molar-refractivity contribution >= 4 is 33.3 Å². The van der Waals surface area contributed by atoms with Crippen molar-refractivity contribution in [3.05, 3.63) is 60.2 Å². The molecule has 2 heterocycles. The molecule has 0 unspecified atom stereocenters. The number of carbonyl (C=O) groups excluding carboxylic acids is 2. The van der Waals surface area contributed by atoms with Crippen molar-refractivity contribution < 1.29 is 27.2 Å². The minimum absolute atomic E-state index is 0.0993. The van der Waals surface area contributed by atoms with Crippen LogP contribution in [0.2, 0.25) is 0 Å². The van der Waals surface area contributed by atoms with Gasteiger partial charge in [-0.05, 0) is 43.3 Å². The molecular formula is C17H16N4O6S. The molecule has 0 fully saturated rings. The van der Waals surface area contributed by atoms with Crippen LogP contribution in [0.4, 0.5) is 11.4 Å². The number of esters is 1. The maximum absolute atomic E-state index is 12.5. The van der Waals surface area contributed by atoms with Gasteiger partial charge >= 0.3 is 5.97 Å². The van der Waals surface area contributed by atoms with Crippen LogP contribution in [-0.2, 0) is 14.8 Å². The summed E-state index contributed by atoms with van der Waals surface area (Å²) in [4.78, 5) is 23.8. The molecule has 10 nitrogen and oxygen atoms in total. The first-order valence-corrected chi connectivity index (χ1v) is 9.57. The van der Waals surface area contributed by atoms with Gasteiger partial charge in [0.25, 0.3) is 15.9 Å². The lowest BCUT2D eigenvalue weighted by molar-refractivity contribution is 0.0521. The van der Waals surface area contributed by atoms with E-state index < -0.39 is 26.9 Å². The van der Waals surface area contributed by atoms with Crippen LogP contribution in [0, 0.1) is 0 Å². The number of aromatic nitrogens is 2. The Kier molecular flexibility index (Phi) is 5.45. The number of sulfonamides is 1. The van der Waals surface area contributed by atoms with E-state index in [9.17, 15) is 18.0 Å². The van der Waals surface area contributed by atoms with Crippen LogP contribution >= 0.6 is 0 Å². The molecule has 3 N–H and O–H groups in total. The molecule has 2 aromatic heterocycles. The molecule has 146 valence electrons. The Morgan fingerprint density at radius 1 is 1.18 bits per heavy atom. The fraction of sp³-hybridized carbons (Fsp3) is 0.118. The van der Waals surface area contributed by atoms with Gasteiger partial charge in [0, 0.05) is 11.4 Å².